The van der Waals surface area contributed by atoms with Crippen molar-refractivity contribution in [1.29, 1.82) is 0 Å². The van der Waals surface area contributed by atoms with Gasteiger partial charge < -0.3 is 14.6 Å². The first-order chi connectivity index (χ1) is 11.5. The van der Waals surface area contributed by atoms with Crippen LogP contribution in [-0.2, 0) is 4.74 Å². The minimum atomic E-state index is -1.41. The molecule has 0 N–H and O–H groups in total. The fourth-order valence-electron chi connectivity index (χ4n) is 2.17. The van der Waals surface area contributed by atoms with Gasteiger partial charge in [-0.05, 0) is 29.6 Å². The Hall–Kier alpha value is -2.64. The van der Waals surface area contributed by atoms with Gasteiger partial charge in [0.1, 0.15) is 5.69 Å². The van der Waals surface area contributed by atoms with E-state index in [2.05, 4.69) is 5.10 Å². The lowest BCUT2D eigenvalue weighted by Crippen LogP contribution is -2.23. The zero-order chi connectivity index (χ0) is 17.3. The molecule has 0 fully saturated rings. The molecular formula is C16H10ClN2O4S-. The van der Waals surface area contributed by atoms with Crippen LogP contribution in [-0.4, -0.2) is 28.8 Å². The molecule has 3 rings (SSSR count). The second-order valence-electron chi connectivity index (χ2n) is 4.75. The summed E-state index contributed by atoms with van der Waals surface area (Å²) in [6.07, 6.45) is 0. The SMILES string of the molecule is COC(=O)c1cc(-c2cccs2)nn1-c1ccc(Cl)c(C(=O)[O-])c1. The Morgan fingerprint density at radius 3 is 2.71 bits per heavy atom. The predicted molar refractivity (Wildman–Crippen MR) is 87.6 cm³/mol. The van der Waals surface area contributed by atoms with Gasteiger partial charge >= 0.3 is 5.97 Å². The Kier molecular flexibility index (Phi) is 4.37. The van der Waals surface area contributed by atoms with E-state index < -0.39 is 11.9 Å². The molecule has 0 bridgehead atoms. The Balaban J connectivity index is 2.18. The quantitative estimate of drug-likeness (QED) is 0.666. The van der Waals surface area contributed by atoms with E-state index in [1.807, 2.05) is 17.5 Å². The van der Waals surface area contributed by atoms with Crippen molar-refractivity contribution in [3.05, 3.63) is 58.1 Å². The summed E-state index contributed by atoms with van der Waals surface area (Å²) in [5.41, 5.74) is 0.933. The van der Waals surface area contributed by atoms with Gasteiger partial charge in [0.15, 0.2) is 5.69 Å². The van der Waals surface area contributed by atoms with Crippen molar-refractivity contribution in [1.82, 2.24) is 9.78 Å². The number of nitrogens with zero attached hydrogens (tertiary/aromatic N) is 2. The standard InChI is InChI=1S/C16H11ClN2O4S/c1-23-16(22)13-8-12(14-3-2-6-24-14)18-19(13)9-4-5-11(17)10(7-9)15(20)21/h2-8H,1H3,(H,20,21)/p-1. The van der Waals surface area contributed by atoms with E-state index in [9.17, 15) is 14.7 Å². The molecule has 122 valence electrons. The Morgan fingerprint density at radius 2 is 2.08 bits per heavy atom. The van der Waals surface area contributed by atoms with Crippen LogP contribution in [0, 0.1) is 0 Å². The monoisotopic (exact) mass is 361 g/mol. The minimum absolute atomic E-state index is 0.0454. The molecule has 0 amide bonds. The van der Waals surface area contributed by atoms with Crippen LogP contribution in [0.5, 0.6) is 0 Å². The van der Waals surface area contributed by atoms with Crippen LogP contribution in [0.1, 0.15) is 20.8 Å². The number of methoxy groups -OCH3 is 1. The number of halogens is 1. The summed E-state index contributed by atoms with van der Waals surface area (Å²) in [4.78, 5) is 24.1. The number of carboxylic acid groups (broad SMARTS) is 1. The van der Waals surface area contributed by atoms with E-state index in [1.165, 1.54) is 35.3 Å². The van der Waals surface area contributed by atoms with Gasteiger partial charge in [-0.2, -0.15) is 5.10 Å². The van der Waals surface area contributed by atoms with E-state index >= 15 is 0 Å². The highest BCUT2D eigenvalue weighted by atomic mass is 35.5. The molecular weight excluding hydrogens is 352 g/mol. The number of carboxylic acids is 1. The lowest BCUT2D eigenvalue weighted by Gasteiger charge is -2.10. The summed E-state index contributed by atoms with van der Waals surface area (Å²) in [5, 5.41) is 17.5. The van der Waals surface area contributed by atoms with Gasteiger partial charge in [-0.3, -0.25) is 0 Å². The molecule has 0 atom stereocenters. The Bertz CT molecular complexity index is 918. The molecule has 2 aromatic heterocycles. The summed E-state index contributed by atoms with van der Waals surface area (Å²) in [7, 11) is 1.26. The molecule has 0 aliphatic carbocycles. The average Bonchev–Trinajstić information content (AvgIpc) is 3.23. The molecule has 0 unspecified atom stereocenters. The van der Waals surface area contributed by atoms with Gasteiger partial charge in [-0.1, -0.05) is 17.7 Å². The van der Waals surface area contributed by atoms with Gasteiger partial charge in [-0.25, -0.2) is 9.48 Å². The number of esters is 1. The Morgan fingerprint density at radius 1 is 1.29 bits per heavy atom. The summed E-state index contributed by atoms with van der Waals surface area (Å²) < 4.78 is 6.10. The van der Waals surface area contributed by atoms with Crippen molar-refractivity contribution in [3.63, 3.8) is 0 Å². The van der Waals surface area contributed by atoms with E-state index in [0.29, 0.717) is 11.4 Å². The summed E-state index contributed by atoms with van der Waals surface area (Å²) in [5.74, 6) is -2.00. The fourth-order valence-corrected chi connectivity index (χ4v) is 3.05. The summed E-state index contributed by atoms with van der Waals surface area (Å²) >= 11 is 7.32. The number of hydrogen-bond acceptors (Lipinski definition) is 6. The zero-order valence-electron chi connectivity index (χ0n) is 12.4. The molecule has 24 heavy (non-hydrogen) atoms. The molecule has 2 heterocycles. The van der Waals surface area contributed by atoms with Crippen molar-refractivity contribution in [3.8, 4) is 16.3 Å². The van der Waals surface area contributed by atoms with Crippen LogP contribution in [0.2, 0.25) is 5.02 Å². The van der Waals surface area contributed by atoms with E-state index in [1.54, 1.807) is 12.1 Å². The fraction of sp³-hybridized carbons (Fsp3) is 0.0625. The topological polar surface area (TPSA) is 84.2 Å². The van der Waals surface area contributed by atoms with Crippen LogP contribution in [0.25, 0.3) is 16.3 Å². The molecule has 0 aliphatic heterocycles. The van der Waals surface area contributed by atoms with Crippen LogP contribution in [0.3, 0.4) is 0 Å². The minimum Gasteiger partial charge on any atom is -0.545 e. The van der Waals surface area contributed by atoms with E-state index in [0.717, 1.165) is 4.88 Å². The van der Waals surface area contributed by atoms with Crippen molar-refractivity contribution >= 4 is 34.9 Å². The van der Waals surface area contributed by atoms with Crippen LogP contribution in [0.15, 0.2) is 41.8 Å². The molecule has 8 heteroatoms. The number of aromatic nitrogens is 2. The van der Waals surface area contributed by atoms with Crippen LogP contribution in [0.4, 0.5) is 0 Å². The Labute approximate surface area is 145 Å². The summed E-state index contributed by atoms with van der Waals surface area (Å²) in [6.45, 7) is 0. The molecule has 0 radical (unpaired) electrons. The predicted octanol–water partition coefficient (Wildman–Crippen LogP) is 2.40. The molecule has 0 saturated carbocycles. The largest absolute Gasteiger partial charge is 0.545 e. The van der Waals surface area contributed by atoms with Crippen molar-refractivity contribution in [2.45, 2.75) is 0 Å². The number of ether oxygens (including phenoxy) is 1. The lowest BCUT2D eigenvalue weighted by atomic mass is 10.2. The smallest absolute Gasteiger partial charge is 0.356 e. The molecule has 6 nitrogen and oxygen atoms in total. The van der Waals surface area contributed by atoms with Gasteiger partial charge in [0.05, 0.1) is 23.6 Å². The van der Waals surface area contributed by atoms with Crippen LogP contribution < -0.4 is 5.11 Å². The van der Waals surface area contributed by atoms with Gasteiger partial charge in [-0.15, -0.1) is 11.3 Å². The first-order valence-electron chi connectivity index (χ1n) is 6.75. The number of rotatable bonds is 4. The first-order valence-corrected chi connectivity index (χ1v) is 8.00. The number of hydrogen-bond donors (Lipinski definition) is 0. The lowest BCUT2D eigenvalue weighted by molar-refractivity contribution is -0.255. The zero-order valence-corrected chi connectivity index (χ0v) is 13.9. The van der Waals surface area contributed by atoms with Gasteiger partial charge in [0, 0.05) is 16.7 Å². The number of aromatic carboxylic acids is 1. The molecule has 0 spiro atoms. The average molecular weight is 362 g/mol. The second-order valence-corrected chi connectivity index (χ2v) is 6.10. The maximum absolute atomic E-state index is 12.0. The molecule has 0 aliphatic rings. The third-order valence-corrected chi connectivity index (χ3v) is 4.51. The number of carbonyl (C=O) groups excluding carboxylic acids is 2. The highest BCUT2D eigenvalue weighted by Crippen LogP contribution is 2.27. The third-order valence-electron chi connectivity index (χ3n) is 3.29. The molecule has 3 aromatic rings. The number of carbonyl (C=O) groups is 2. The maximum atomic E-state index is 12.0. The number of thiophene rings is 1. The molecule has 0 saturated heterocycles. The summed E-state index contributed by atoms with van der Waals surface area (Å²) in [6, 6.07) is 9.60. The van der Waals surface area contributed by atoms with E-state index in [-0.39, 0.29) is 16.3 Å². The van der Waals surface area contributed by atoms with Crippen LogP contribution >= 0.6 is 22.9 Å². The molecule has 1 aromatic carbocycles. The second kappa shape index (κ2) is 6.46. The maximum Gasteiger partial charge on any atom is 0.356 e. The highest BCUT2D eigenvalue weighted by molar-refractivity contribution is 7.13. The van der Waals surface area contributed by atoms with Gasteiger partial charge in [0.2, 0.25) is 0 Å². The van der Waals surface area contributed by atoms with Crippen molar-refractivity contribution in [2.24, 2.45) is 0 Å². The first kappa shape index (κ1) is 16.2. The third kappa shape index (κ3) is 2.91. The van der Waals surface area contributed by atoms with E-state index in [4.69, 9.17) is 16.3 Å². The normalized spacial score (nSPS) is 10.6. The van der Waals surface area contributed by atoms with Gasteiger partial charge in [0.25, 0.3) is 0 Å². The van der Waals surface area contributed by atoms with Crippen molar-refractivity contribution < 1.29 is 19.4 Å². The highest BCUT2D eigenvalue weighted by Gasteiger charge is 2.19. The van der Waals surface area contributed by atoms with Crippen molar-refractivity contribution in [2.75, 3.05) is 7.11 Å². The number of benzene rings is 1.